The lowest BCUT2D eigenvalue weighted by Gasteiger charge is -2.26. The molecule has 1 unspecified atom stereocenters. The predicted octanol–water partition coefficient (Wildman–Crippen LogP) is 1.35. The summed E-state index contributed by atoms with van der Waals surface area (Å²) in [4.78, 5) is 11.3. The molecule has 0 aromatic heterocycles. The summed E-state index contributed by atoms with van der Waals surface area (Å²) >= 11 is 0. The third-order valence-corrected chi connectivity index (χ3v) is 2.39. The lowest BCUT2D eigenvalue weighted by molar-refractivity contribution is -0.114. The zero-order chi connectivity index (χ0) is 11.5. The normalized spacial score (nSPS) is 25.9. The Morgan fingerprint density at radius 1 is 1.53 bits per heavy atom. The third kappa shape index (κ3) is 2.83. The molecule has 1 N–H and O–H groups in total. The maximum Gasteiger partial charge on any atom is 0.175 e. The average Bonchev–Trinajstić information content (AvgIpc) is 2.38. The molecule has 0 spiro atoms. The van der Waals surface area contributed by atoms with Crippen LogP contribution in [0.4, 0.5) is 0 Å². The molecule has 1 aliphatic rings. The molecule has 4 nitrogen and oxygen atoms in total. The summed E-state index contributed by atoms with van der Waals surface area (Å²) in [5.41, 5.74) is -0.137. The predicted molar refractivity (Wildman–Crippen MR) is 57.0 cm³/mol. The minimum Gasteiger partial charge on any atom is -0.501 e. The Labute approximate surface area is 89.9 Å². The van der Waals surface area contributed by atoms with E-state index in [0.717, 1.165) is 5.76 Å². The Bertz CT molecular complexity index is 320. The maximum atomic E-state index is 11.3. The first kappa shape index (κ1) is 11.8. The summed E-state index contributed by atoms with van der Waals surface area (Å²) in [5.74, 6) is 0.770. The number of ketones is 1. The zero-order valence-electron chi connectivity index (χ0n) is 9.59. The highest BCUT2D eigenvalue weighted by atomic mass is 16.5. The number of hydrogen-bond acceptors (Lipinski definition) is 4. The van der Waals surface area contributed by atoms with Crippen molar-refractivity contribution >= 4 is 5.78 Å². The van der Waals surface area contributed by atoms with Crippen LogP contribution in [0.15, 0.2) is 23.6 Å². The van der Waals surface area contributed by atoms with Crippen LogP contribution in [-0.4, -0.2) is 25.7 Å². The Balaban J connectivity index is 3.00. The molecule has 84 valence electrons. The van der Waals surface area contributed by atoms with E-state index in [1.54, 1.807) is 14.2 Å². The van der Waals surface area contributed by atoms with Gasteiger partial charge in [0.2, 0.25) is 0 Å². The summed E-state index contributed by atoms with van der Waals surface area (Å²) in [6, 6.07) is 0. The van der Waals surface area contributed by atoms with Gasteiger partial charge in [0.05, 0.1) is 12.8 Å². The van der Waals surface area contributed by atoms with Crippen molar-refractivity contribution in [1.82, 2.24) is 5.32 Å². The SMILES string of the molecule is COC1=CC(C)(OC)NC(C(C)=O)=CC1. The lowest BCUT2D eigenvalue weighted by atomic mass is 10.2. The van der Waals surface area contributed by atoms with Gasteiger partial charge < -0.3 is 14.8 Å². The van der Waals surface area contributed by atoms with E-state index in [9.17, 15) is 4.79 Å². The number of ether oxygens (including phenoxy) is 2. The van der Waals surface area contributed by atoms with E-state index in [1.807, 2.05) is 19.1 Å². The minimum atomic E-state index is -0.695. The third-order valence-electron chi connectivity index (χ3n) is 2.39. The summed E-state index contributed by atoms with van der Waals surface area (Å²) in [6.07, 6.45) is 4.23. The second-order valence-corrected chi connectivity index (χ2v) is 3.63. The van der Waals surface area contributed by atoms with E-state index in [1.165, 1.54) is 6.92 Å². The van der Waals surface area contributed by atoms with Crippen molar-refractivity contribution < 1.29 is 14.3 Å². The number of methoxy groups -OCH3 is 2. The molecule has 0 saturated carbocycles. The van der Waals surface area contributed by atoms with Gasteiger partial charge in [0.15, 0.2) is 11.5 Å². The molecular weight excluding hydrogens is 194 g/mol. The maximum absolute atomic E-state index is 11.3. The molecule has 0 amide bonds. The highest BCUT2D eigenvalue weighted by Crippen LogP contribution is 2.20. The summed E-state index contributed by atoms with van der Waals surface area (Å²) in [7, 11) is 3.19. The van der Waals surface area contributed by atoms with E-state index in [0.29, 0.717) is 12.1 Å². The van der Waals surface area contributed by atoms with Gasteiger partial charge in [-0.05, 0) is 6.92 Å². The van der Waals surface area contributed by atoms with Gasteiger partial charge in [-0.25, -0.2) is 0 Å². The van der Waals surface area contributed by atoms with E-state index in [-0.39, 0.29) is 5.78 Å². The molecule has 0 aliphatic carbocycles. The van der Waals surface area contributed by atoms with Crippen LogP contribution in [0, 0.1) is 0 Å². The number of carbonyl (C=O) groups excluding carboxylic acids is 1. The van der Waals surface area contributed by atoms with Crippen LogP contribution >= 0.6 is 0 Å². The Kier molecular flexibility index (Phi) is 3.52. The van der Waals surface area contributed by atoms with Crippen molar-refractivity contribution in [3.05, 3.63) is 23.6 Å². The van der Waals surface area contributed by atoms with E-state index >= 15 is 0 Å². The van der Waals surface area contributed by atoms with Crippen molar-refractivity contribution in [2.24, 2.45) is 0 Å². The summed E-state index contributed by atoms with van der Waals surface area (Å²) in [5, 5.41) is 3.04. The van der Waals surface area contributed by atoms with Gasteiger partial charge in [0, 0.05) is 26.5 Å². The van der Waals surface area contributed by atoms with Crippen LogP contribution in [0.25, 0.3) is 0 Å². The monoisotopic (exact) mass is 211 g/mol. The van der Waals surface area contributed by atoms with E-state index in [4.69, 9.17) is 9.47 Å². The molecule has 1 rings (SSSR count). The zero-order valence-corrected chi connectivity index (χ0v) is 9.59. The number of allylic oxidation sites excluding steroid dienone is 2. The molecule has 0 fully saturated rings. The minimum absolute atomic E-state index is 0.0102. The van der Waals surface area contributed by atoms with Crippen LogP contribution in [0.3, 0.4) is 0 Å². The highest BCUT2D eigenvalue weighted by molar-refractivity contribution is 5.92. The fraction of sp³-hybridized carbons (Fsp3) is 0.545. The van der Waals surface area contributed by atoms with Crippen LogP contribution < -0.4 is 5.32 Å². The summed E-state index contributed by atoms with van der Waals surface area (Å²) in [6.45, 7) is 3.36. The molecule has 0 bridgehead atoms. The van der Waals surface area contributed by atoms with Crippen molar-refractivity contribution in [1.29, 1.82) is 0 Å². The van der Waals surface area contributed by atoms with Crippen molar-refractivity contribution in [3.63, 3.8) is 0 Å². The first-order chi connectivity index (χ1) is 7.00. The Hall–Kier alpha value is -1.29. The van der Waals surface area contributed by atoms with Gasteiger partial charge in [-0.3, -0.25) is 4.79 Å². The molecule has 4 heteroatoms. The molecule has 0 aromatic carbocycles. The van der Waals surface area contributed by atoms with Crippen LogP contribution in [0.2, 0.25) is 0 Å². The summed E-state index contributed by atoms with van der Waals surface area (Å²) < 4.78 is 10.5. The number of rotatable bonds is 3. The Morgan fingerprint density at radius 3 is 2.67 bits per heavy atom. The molecule has 15 heavy (non-hydrogen) atoms. The first-order valence-electron chi connectivity index (χ1n) is 4.81. The second-order valence-electron chi connectivity index (χ2n) is 3.63. The fourth-order valence-electron chi connectivity index (χ4n) is 1.41. The fourth-order valence-corrected chi connectivity index (χ4v) is 1.41. The van der Waals surface area contributed by atoms with Crippen molar-refractivity contribution in [3.8, 4) is 0 Å². The molecule has 0 radical (unpaired) electrons. The number of carbonyl (C=O) groups is 1. The number of hydrogen-bond donors (Lipinski definition) is 1. The topological polar surface area (TPSA) is 47.6 Å². The standard InChI is InChI=1S/C11H17NO3/c1-8(13)10-6-5-9(14-3)7-11(2,12-10)15-4/h6-7,12H,5H2,1-4H3. The lowest BCUT2D eigenvalue weighted by Crippen LogP contribution is -2.42. The Morgan fingerprint density at radius 2 is 2.20 bits per heavy atom. The van der Waals surface area contributed by atoms with Crippen molar-refractivity contribution in [2.45, 2.75) is 26.0 Å². The van der Waals surface area contributed by atoms with Crippen LogP contribution in [-0.2, 0) is 14.3 Å². The van der Waals surface area contributed by atoms with Gasteiger partial charge in [-0.2, -0.15) is 0 Å². The van der Waals surface area contributed by atoms with E-state index < -0.39 is 5.72 Å². The molecule has 1 atom stereocenters. The van der Waals surface area contributed by atoms with Gasteiger partial charge in [-0.1, -0.05) is 6.08 Å². The van der Waals surface area contributed by atoms with Gasteiger partial charge >= 0.3 is 0 Å². The van der Waals surface area contributed by atoms with Gasteiger partial charge in [0.25, 0.3) is 0 Å². The molecule has 1 aliphatic heterocycles. The quantitative estimate of drug-likeness (QED) is 0.765. The second kappa shape index (κ2) is 4.49. The molecule has 0 saturated heterocycles. The number of Topliss-reactive ketones (excluding diaryl/α,β-unsaturated/α-hetero) is 1. The van der Waals surface area contributed by atoms with E-state index in [2.05, 4.69) is 5.32 Å². The van der Waals surface area contributed by atoms with Gasteiger partial charge in [0.1, 0.15) is 5.76 Å². The first-order valence-corrected chi connectivity index (χ1v) is 4.81. The van der Waals surface area contributed by atoms with Crippen LogP contribution in [0.5, 0.6) is 0 Å². The molecule has 0 aromatic rings. The van der Waals surface area contributed by atoms with Crippen LogP contribution in [0.1, 0.15) is 20.3 Å². The number of nitrogens with one attached hydrogen (secondary N) is 1. The largest absolute Gasteiger partial charge is 0.501 e. The van der Waals surface area contributed by atoms with Crippen molar-refractivity contribution in [2.75, 3.05) is 14.2 Å². The molecule has 1 heterocycles. The smallest absolute Gasteiger partial charge is 0.175 e. The average molecular weight is 211 g/mol. The van der Waals surface area contributed by atoms with Gasteiger partial charge in [-0.15, -0.1) is 0 Å². The molecular formula is C11H17NO3. The highest BCUT2D eigenvalue weighted by Gasteiger charge is 2.26.